The van der Waals surface area contributed by atoms with E-state index in [1.54, 1.807) is 26.2 Å². The van der Waals surface area contributed by atoms with Gasteiger partial charge in [0, 0.05) is 6.04 Å². The van der Waals surface area contributed by atoms with Crippen LogP contribution in [-0.4, -0.2) is 31.0 Å². The Hall–Kier alpha value is -1.26. The van der Waals surface area contributed by atoms with Crippen LogP contribution in [0, 0.1) is 0 Å². The van der Waals surface area contributed by atoms with Gasteiger partial charge in [-0.1, -0.05) is 12.1 Å². The molecule has 0 saturated carbocycles. The summed E-state index contributed by atoms with van der Waals surface area (Å²) >= 11 is 0. The minimum absolute atomic E-state index is 0.115. The van der Waals surface area contributed by atoms with Crippen molar-refractivity contribution in [2.45, 2.75) is 19.1 Å². The lowest BCUT2D eigenvalue weighted by atomic mass is 10.2. The highest BCUT2D eigenvalue weighted by Crippen LogP contribution is 2.26. The number of methoxy groups -OCH3 is 1. The molecule has 0 aromatic heterocycles. The predicted molar refractivity (Wildman–Crippen MR) is 58.1 cm³/mol. The Labute approximate surface area is 89.6 Å². The van der Waals surface area contributed by atoms with E-state index in [1.165, 1.54) is 0 Å². The number of benzene rings is 1. The van der Waals surface area contributed by atoms with Gasteiger partial charge in [-0.05, 0) is 19.1 Å². The number of ether oxygens (including phenoxy) is 2. The maximum Gasteiger partial charge on any atom is 0.161 e. The Morgan fingerprint density at radius 3 is 2.40 bits per heavy atom. The molecular weight excluding hydrogens is 194 g/mol. The molecule has 15 heavy (non-hydrogen) atoms. The van der Waals surface area contributed by atoms with E-state index in [9.17, 15) is 0 Å². The third kappa shape index (κ3) is 3.11. The van der Waals surface area contributed by atoms with Gasteiger partial charge in [-0.3, -0.25) is 0 Å². The summed E-state index contributed by atoms with van der Waals surface area (Å²) in [7, 11) is 1.57. The van der Waals surface area contributed by atoms with Crippen molar-refractivity contribution < 1.29 is 14.6 Å². The number of rotatable bonds is 5. The third-order valence-electron chi connectivity index (χ3n) is 2.11. The van der Waals surface area contributed by atoms with Gasteiger partial charge in [-0.15, -0.1) is 0 Å². The van der Waals surface area contributed by atoms with Gasteiger partial charge in [-0.2, -0.15) is 0 Å². The lowest BCUT2D eigenvalue weighted by Crippen LogP contribution is -2.39. The average molecular weight is 211 g/mol. The fourth-order valence-corrected chi connectivity index (χ4v) is 1.19. The van der Waals surface area contributed by atoms with Crippen molar-refractivity contribution in [1.29, 1.82) is 0 Å². The van der Waals surface area contributed by atoms with Crippen LogP contribution in [0.4, 0.5) is 0 Å². The van der Waals surface area contributed by atoms with Crippen molar-refractivity contribution in [3.8, 4) is 11.5 Å². The van der Waals surface area contributed by atoms with E-state index < -0.39 is 6.10 Å². The molecule has 1 aromatic carbocycles. The van der Waals surface area contributed by atoms with Crippen LogP contribution in [0.5, 0.6) is 11.5 Å². The van der Waals surface area contributed by atoms with Crippen molar-refractivity contribution in [1.82, 2.24) is 0 Å². The molecule has 0 radical (unpaired) electrons. The fourth-order valence-electron chi connectivity index (χ4n) is 1.19. The Morgan fingerprint density at radius 2 is 1.93 bits per heavy atom. The van der Waals surface area contributed by atoms with Crippen molar-refractivity contribution >= 4 is 0 Å². The van der Waals surface area contributed by atoms with Gasteiger partial charge in [0.15, 0.2) is 11.5 Å². The Kier molecular flexibility index (Phi) is 4.39. The Balaban J connectivity index is 2.78. The second-order valence-electron chi connectivity index (χ2n) is 3.35. The molecule has 0 aliphatic carbocycles. The SMILES string of the molecule is COc1ccccc1OC(CO)C(C)N. The second-order valence-corrected chi connectivity index (χ2v) is 3.35. The summed E-state index contributed by atoms with van der Waals surface area (Å²) in [5.41, 5.74) is 5.66. The quantitative estimate of drug-likeness (QED) is 0.755. The minimum atomic E-state index is -0.415. The van der Waals surface area contributed by atoms with Gasteiger partial charge in [0.2, 0.25) is 0 Å². The number of para-hydroxylation sites is 2. The van der Waals surface area contributed by atoms with E-state index in [0.29, 0.717) is 11.5 Å². The van der Waals surface area contributed by atoms with Crippen molar-refractivity contribution in [2.24, 2.45) is 5.73 Å². The Morgan fingerprint density at radius 1 is 1.33 bits per heavy atom. The number of hydrogen-bond acceptors (Lipinski definition) is 4. The molecule has 1 rings (SSSR count). The van der Waals surface area contributed by atoms with Crippen molar-refractivity contribution in [3.05, 3.63) is 24.3 Å². The van der Waals surface area contributed by atoms with E-state index in [0.717, 1.165) is 0 Å². The minimum Gasteiger partial charge on any atom is -0.493 e. The summed E-state index contributed by atoms with van der Waals surface area (Å²) in [5.74, 6) is 1.23. The summed E-state index contributed by atoms with van der Waals surface area (Å²) < 4.78 is 10.7. The third-order valence-corrected chi connectivity index (χ3v) is 2.11. The molecule has 4 nitrogen and oxygen atoms in total. The van der Waals surface area contributed by atoms with Crippen LogP contribution >= 0.6 is 0 Å². The number of aliphatic hydroxyl groups is 1. The van der Waals surface area contributed by atoms with Crippen molar-refractivity contribution in [2.75, 3.05) is 13.7 Å². The zero-order chi connectivity index (χ0) is 11.3. The first-order chi connectivity index (χ1) is 7.19. The molecule has 84 valence electrons. The molecule has 0 heterocycles. The standard InChI is InChI=1S/C11H17NO3/c1-8(12)11(7-13)15-10-6-4-3-5-9(10)14-2/h3-6,8,11,13H,7,12H2,1-2H3. The van der Waals surface area contributed by atoms with Crippen LogP contribution in [0.15, 0.2) is 24.3 Å². The molecule has 0 fully saturated rings. The van der Waals surface area contributed by atoms with Gasteiger partial charge < -0.3 is 20.3 Å². The van der Waals surface area contributed by atoms with Crippen LogP contribution in [0.25, 0.3) is 0 Å². The van der Waals surface area contributed by atoms with Crippen LogP contribution in [0.2, 0.25) is 0 Å². The number of hydrogen-bond donors (Lipinski definition) is 2. The van der Waals surface area contributed by atoms with Crippen LogP contribution in [0.1, 0.15) is 6.92 Å². The predicted octanol–water partition coefficient (Wildman–Crippen LogP) is 0.782. The van der Waals surface area contributed by atoms with Crippen LogP contribution in [0.3, 0.4) is 0 Å². The molecule has 1 aromatic rings. The van der Waals surface area contributed by atoms with E-state index in [-0.39, 0.29) is 12.6 Å². The maximum absolute atomic E-state index is 9.08. The highest BCUT2D eigenvalue weighted by molar-refractivity contribution is 5.39. The van der Waals surface area contributed by atoms with Gasteiger partial charge >= 0.3 is 0 Å². The van der Waals surface area contributed by atoms with Gasteiger partial charge in [-0.25, -0.2) is 0 Å². The first-order valence-electron chi connectivity index (χ1n) is 4.85. The van der Waals surface area contributed by atoms with Crippen LogP contribution < -0.4 is 15.2 Å². The second kappa shape index (κ2) is 5.58. The zero-order valence-electron chi connectivity index (χ0n) is 9.01. The lowest BCUT2D eigenvalue weighted by Gasteiger charge is -2.21. The van der Waals surface area contributed by atoms with E-state index in [1.807, 2.05) is 12.1 Å². The molecule has 2 atom stereocenters. The fraction of sp³-hybridized carbons (Fsp3) is 0.455. The summed E-state index contributed by atoms with van der Waals surface area (Å²) in [6.45, 7) is 1.67. The molecule has 0 spiro atoms. The summed E-state index contributed by atoms with van der Waals surface area (Å²) in [5, 5.41) is 9.08. The molecule has 3 N–H and O–H groups in total. The van der Waals surface area contributed by atoms with Gasteiger partial charge in [0.05, 0.1) is 13.7 Å². The molecule has 4 heteroatoms. The first kappa shape index (κ1) is 11.8. The topological polar surface area (TPSA) is 64.7 Å². The maximum atomic E-state index is 9.08. The van der Waals surface area contributed by atoms with E-state index in [2.05, 4.69) is 0 Å². The lowest BCUT2D eigenvalue weighted by molar-refractivity contribution is 0.0962. The zero-order valence-corrected chi connectivity index (χ0v) is 9.01. The summed E-state index contributed by atoms with van der Waals surface area (Å²) in [6, 6.07) is 7.04. The average Bonchev–Trinajstić information content (AvgIpc) is 2.25. The normalized spacial score (nSPS) is 14.4. The van der Waals surface area contributed by atoms with Crippen LogP contribution in [-0.2, 0) is 0 Å². The summed E-state index contributed by atoms with van der Waals surface area (Å²) in [4.78, 5) is 0. The van der Waals surface area contributed by atoms with Gasteiger partial charge in [0.25, 0.3) is 0 Å². The molecule has 0 aliphatic heterocycles. The van der Waals surface area contributed by atoms with Gasteiger partial charge in [0.1, 0.15) is 6.10 Å². The highest BCUT2D eigenvalue weighted by Gasteiger charge is 2.16. The molecular formula is C11H17NO3. The van der Waals surface area contributed by atoms with Crippen molar-refractivity contribution in [3.63, 3.8) is 0 Å². The first-order valence-corrected chi connectivity index (χ1v) is 4.85. The number of nitrogens with two attached hydrogens (primary N) is 1. The largest absolute Gasteiger partial charge is 0.493 e. The highest BCUT2D eigenvalue weighted by atomic mass is 16.5. The van der Waals surface area contributed by atoms with E-state index in [4.69, 9.17) is 20.3 Å². The molecule has 0 aliphatic rings. The van der Waals surface area contributed by atoms with E-state index >= 15 is 0 Å². The number of aliphatic hydroxyl groups excluding tert-OH is 1. The smallest absolute Gasteiger partial charge is 0.161 e. The Bertz CT molecular complexity index is 302. The molecule has 2 unspecified atom stereocenters. The summed E-state index contributed by atoms with van der Waals surface area (Å²) in [6.07, 6.45) is -0.415. The molecule has 0 saturated heterocycles. The molecule has 0 bridgehead atoms. The monoisotopic (exact) mass is 211 g/mol. The molecule has 0 amide bonds.